The highest BCUT2D eigenvalue weighted by Crippen LogP contribution is 2.31. The first-order chi connectivity index (χ1) is 13.6. The van der Waals surface area contributed by atoms with E-state index < -0.39 is 0 Å². The van der Waals surface area contributed by atoms with Crippen molar-refractivity contribution in [3.63, 3.8) is 0 Å². The van der Waals surface area contributed by atoms with E-state index in [0.29, 0.717) is 29.9 Å². The van der Waals surface area contributed by atoms with Gasteiger partial charge in [-0.05, 0) is 50.6 Å². The second kappa shape index (κ2) is 9.50. The molecule has 0 aliphatic rings. The number of benzene rings is 2. The van der Waals surface area contributed by atoms with Crippen LogP contribution in [0.4, 0.5) is 0 Å². The Hall–Kier alpha value is -2.67. The molecule has 0 radical (unpaired) electrons. The van der Waals surface area contributed by atoms with Crippen LogP contribution in [0, 0.1) is 0 Å². The van der Waals surface area contributed by atoms with Gasteiger partial charge in [-0.15, -0.1) is 0 Å². The lowest BCUT2D eigenvalue weighted by Gasteiger charge is -2.17. The van der Waals surface area contributed by atoms with Crippen molar-refractivity contribution in [1.29, 1.82) is 0 Å². The summed E-state index contributed by atoms with van der Waals surface area (Å²) >= 11 is 1.28. The maximum absolute atomic E-state index is 12.3. The van der Waals surface area contributed by atoms with Gasteiger partial charge in [-0.3, -0.25) is 4.79 Å². The molecule has 6 nitrogen and oxygen atoms in total. The van der Waals surface area contributed by atoms with Gasteiger partial charge >= 0.3 is 0 Å². The Kier molecular flexibility index (Phi) is 6.81. The minimum atomic E-state index is -0.161. The number of nitrogens with one attached hydrogen (secondary N) is 1. The maximum atomic E-state index is 12.3. The summed E-state index contributed by atoms with van der Waals surface area (Å²) in [6.07, 6.45) is 0. The molecule has 0 saturated carbocycles. The van der Waals surface area contributed by atoms with Crippen molar-refractivity contribution in [2.24, 2.45) is 0 Å². The largest absolute Gasteiger partial charge is 0.490 e. The summed E-state index contributed by atoms with van der Waals surface area (Å²) in [6.45, 7) is 6.91. The number of hydrogen-bond donors (Lipinski definition) is 1. The Balaban J connectivity index is 1.59. The van der Waals surface area contributed by atoms with Crippen molar-refractivity contribution < 1.29 is 18.7 Å². The van der Waals surface area contributed by atoms with Crippen molar-refractivity contribution in [1.82, 2.24) is 10.3 Å². The molecule has 0 bridgehead atoms. The molecule has 1 aromatic heterocycles. The highest BCUT2D eigenvalue weighted by Gasteiger charge is 2.15. The molecule has 0 unspecified atom stereocenters. The van der Waals surface area contributed by atoms with Gasteiger partial charge in [-0.25, -0.2) is 4.98 Å². The number of carbonyl (C=O) groups is 1. The van der Waals surface area contributed by atoms with Gasteiger partial charge in [0.2, 0.25) is 5.91 Å². The molecule has 28 heavy (non-hydrogen) atoms. The van der Waals surface area contributed by atoms with Gasteiger partial charge < -0.3 is 19.2 Å². The van der Waals surface area contributed by atoms with E-state index in [1.807, 2.05) is 63.2 Å². The number of rotatable bonds is 9. The number of carbonyl (C=O) groups excluding carboxylic acids is 1. The number of hydrogen-bond acceptors (Lipinski definition) is 6. The van der Waals surface area contributed by atoms with Crippen LogP contribution < -0.4 is 14.8 Å². The number of oxazole rings is 1. The van der Waals surface area contributed by atoms with Crippen LogP contribution in [-0.4, -0.2) is 29.9 Å². The van der Waals surface area contributed by atoms with Crippen molar-refractivity contribution in [3.8, 4) is 11.5 Å². The third-order valence-electron chi connectivity index (χ3n) is 4.05. The quantitative estimate of drug-likeness (QED) is 0.530. The number of aromatic nitrogens is 1. The van der Waals surface area contributed by atoms with Crippen LogP contribution in [0.15, 0.2) is 52.1 Å². The standard InChI is InChI=1S/C21H24N2O4S/c1-4-25-18-11-10-15(12-19(18)26-5-2)14(3)22-20(24)13-28-21-23-16-8-6-7-9-17(16)27-21/h6-12,14H,4-5,13H2,1-3H3,(H,22,24)/t14-/m0/s1. The van der Waals surface area contributed by atoms with Crippen molar-refractivity contribution in [2.45, 2.75) is 32.0 Å². The van der Waals surface area contributed by atoms with Crippen LogP contribution in [0.1, 0.15) is 32.4 Å². The molecule has 0 saturated heterocycles. The van der Waals surface area contributed by atoms with E-state index in [2.05, 4.69) is 10.3 Å². The molecule has 7 heteroatoms. The molecule has 0 aliphatic carbocycles. The molecule has 1 heterocycles. The van der Waals surface area contributed by atoms with Gasteiger partial charge in [0.15, 0.2) is 17.1 Å². The monoisotopic (exact) mass is 400 g/mol. The van der Waals surface area contributed by atoms with E-state index in [-0.39, 0.29) is 17.7 Å². The summed E-state index contributed by atoms with van der Waals surface area (Å²) in [5.41, 5.74) is 2.46. The first-order valence-electron chi connectivity index (χ1n) is 9.28. The third kappa shape index (κ3) is 4.98. The van der Waals surface area contributed by atoms with Gasteiger partial charge in [0.05, 0.1) is 25.0 Å². The first kappa shape index (κ1) is 20.1. The second-order valence-electron chi connectivity index (χ2n) is 6.10. The van der Waals surface area contributed by atoms with Gasteiger partial charge in [0, 0.05) is 0 Å². The predicted octanol–water partition coefficient (Wildman–Crippen LogP) is 4.59. The minimum absolute atomic E-state index is 0.0911. The molecular weight excluding hydrogens is 376 g/mol. The molecule has 1 N–H and O–H groups in total. The normalized spacial score (nSPS) is 12.0. The fourth-order valence-electron chi connectivity index (χ4n) is 2.74. The predicted molar refractivity (Wildman–Crippen MR) is 110 cm³/mol. The Morgan fingerprint density at radius 3 is 2.64 bits per heavy atom. The number of ether oxygens (including phenoxy) is 2. The number of nitrogens with zero attached hydrogens (tertiary/aromatic N) is 1. The summed E-state index contributed by atoms with van der Waals surface area (Å²) in [4.78, 5) is 16.7. The van der Waals surface area contributed by atoms with Gasteiger partial charge in [0.25, 0.3) is 5.22 Å². The number of para-hydroxylation sites is 2. The molecule has 3 rings (SSSR count). The zero-order valence-electron chi connectivity index (χ0n) is 16.2. The van der Waals surface area contributed by atoms with Crippen LogP contribution in [-0.2, 0) is 4.79 Å². The lowest BCUT2D eigenvalue weighted by molar-refractivity contribution is -0.119. The van der Waals surface area contributed by atoms with E-state index in [1.165, 1.54) is 11.8 Å². The molecule has 0 spiro atoms. The fraction of sp³-hybridized carbons (Fsp3) is 0.333. The maximum Gasteiger partial charge on any atom is 0.257 e. The van der Waals surface area contributed by atoms with E-state index in [9.17, 15) is 4.79 Å². The van der Waals surface area contributed by atoms with Crippen LogP contribution in [0.2, 0.25) is 0 Å². The van der Waals surface area contributed by atoms with E-state index in [1.54, 1.807) is 0 Å². The SMILES string of the molecule is CCOc1ccc([C@H](C)NC(=O)CSc2nc3ccccc3o2)cc1OCC. The van der Waals surface area contributed by atoms with Crippen molar-refractivity contribution in [2.75, 3.05) is 19.0 Å². The smallest absolute Gasteiger partial charge is 0.257 e. The minimum Gasteiger partial charge on any atom is -0.490 e. The molecule has 1 atom stereocenters. The first-order valence-corrected chi connectivity index (χ1v) is 10.3. The van der Waals surface area contributed by atoms with Gasteiger partial charge in [-0.2, -0.15) is 0 Å². The Morgan fingerprint density at radius 1 is 1.14 bits per heavy atom. The number of amides is 1. The van der Waals surface area contributed by atoms with Crippen LogP contribution >= 0.6 is 11.8 Å². The Bertz CT molecular complexity index is 908. The topological polar surface area (TPSA) is 73.6 Å². The molecule has 148 valence electrons. The van der Waals surface area contributed by atoms with Crippen molar-refractivity contribution in [3.05, 3.63) is 48.0 Å². The van der Waals surface area contributed by atoms with E-state index in [4.69, 9.17) is 13.9 Å². The lowest BCUT2D eigenvalue weighted by atomic mass is 10.1. The highest BCUT2D eigenvalue weighted by molar-refractivity contribution is 7.99. The summed E-state index contributed by atoms with van der Waals surface area (Å²) in [5, 5.41) is 3.48. The molecular formula is C21H24N2O4S. The van der Waals surface area contributed by atoms with Crippen LogP contribution in [0.3, 0.4) is 0 Å². The molecule has 0 aliphatic heterocycles. The van der Waals surface area contributed by atoms with E-state index in [0.717, 1.165) is 16.7 Å². The zero-order valence-corrected chi connectivity index (χ0v) is 17.0. The summed E-state index contributed by atoms with van der Waals surface area (Å²) < 4.78 is 16.9. The summed E-state index contributed by atoms with van der Waals surface area (Å²) in [5.74, 6) is 1.53. The average Bonchev–Trinajstić information content (AvgIpc) is 3.11. The highest BCUT2D eigenvalue weighted by atomic mass is 32.2. The molecule has 1 amide bonds. The van der Waals surface area contributed by atoms with Gasteiger partial charge in [0.1, 0.15) is 5.52 Å². The Morgan fingerprint density at radius 2 is 1.89 bits per heavy atom. The van der Waals surface area contributed by atoms with Crippen LogP contribution in [0.25, 0.3) is 11.1 Å². The fourth-order valence-corrected chi connectivity index (χ4v) is 3.39. The van der Waals surface area contributed by atoms with Gasteiger partial charge in [-0.1, -0.05) is 30.0 Å². The average molecular weight is 401 g/mol. The van der Waals surface area contributed by atoms with Crippen LogP contribution in [0.5, 0.6) is 11.5 Å². The molecule has 0 fully saturated rings. The molecule has 2 aromatic carbocycles. The number of thioether (sulfide) groups is 1. The Labute approximate surface area is 168 Å². The summed E-state index contributed by atoms with van der Waals surface area (Å²) in [6, 6.07) is 13.1. The lowest BCUT2D eigenvalue weighted by Crippen LogP contribution is -2.28. The third-order valence-corrected chi connectivity index (χ3v) is 4.87. The zero-order chi connectivity index (χ0) is 19.9. The second-order valence-corrected chi connectivity index (χ2v) is 7.02. The number of fused-ring (bicyclic) bond motifs is 1. The molecule has 3 aromatic rings. The van der Waals surface area contributed by atoms with E-state index >= 15 is 0 Å². The summed E-state index contributed by atoms with van der Waals surface area (Å²) in [7, 11) is 0. The van der Waals surface area contributed by atoms with Crippen molar-refractivity contribution >= 4 is 28.8 Å².